The van der Waals surface area contributed by atoms with Gasteiger partial charge in [0.25, 0.3) is 0 Å². The quantitative estimate of drug-likeness (QED) is 0.603. The van der Waals surface area contributed by atoms with Crippen LogP contribution in [0.2, 0.25) is 0 Å². The second-order valence-electron chi connectivity index (χ2n) is 5.03. The Labute approximate surface area is 107 Å². The average molecular weight is 259 g/mol. The maximum absolute atomic E-state index is 12.1. The molecule has 0 radical (unpaired) electrons. The van der Waals surface area contributed by atoms with Crippen LogP contribution in [0.15, 0.2) is 0 Å². The predicted molar refractivity (Wildman–Crippen MR) is 71.2 cm³/mol. The summed E-state index contributed by atoms with van der Waals surface area (Å²) in [6.07, 6.45) is 0.566. The third-order valence-corrected chi connectivity index (χ3v) is 3.27. The summed E-state index contributed by atoms with van der Waals surface area (Å²) < 4.78 is 0. The summed E-state index contributed by atoms with van der Waals surface area (Å²) in [6.45, 7) is 6.97. The molecule has 1 atom stereocenters. The lowest BCUT2D eigenvalue weighted by molar-refractivity contribution is -0.129. The number of thiocarbonyl (C=S) groups is 1. The molecule has 0 spiro atoms. The molecular formula is C11H21N3O2S. The van der Waals surface area contributed by atoms with Gasteiger partial charge in [-0.25, -0.2) is 0 Å². The molecule has 0 saturated heterocycles. The fraction of sp³-hybridized carbons (Fsp3) is 0.727. The number of primary amides is 1. The van der Waals surface area contributed by atoms with E-state index in [1.807, 2.05) is 6.92 Å². The van der Waals surface area contributed by atoms with Gasteiger partial charge in [-0.1, -0.05) is 19.1 Å². The maximum Gasteiger partial charge on any atom is 0.233 e. The third-order valence-electron chi connectivity index (χ3n) is 2.82. The average Bonchev–Trinajstić information content (AvgIpc) is 2.12. The van der Waals surface area contributed by atoms with Crippen molar-refractivity contribution in [3.05, 3.63) is 0 Å². The van der Waals surface area contributed by atoms with Crippen LogP contribution in [0.4, 0.5) is 0 Å². The Balaban J connectivity index is 4.85. The highest BCUT2D eigenvalue weighted by Gasteiger charge is 2.37. The van der Waals surface area contributed by atoms with Gasteiger partial charge in [0.05, 0.1) is 10.4 Å². The molecule has 0 bridgehead atoms. The highest BCUT2D eigenvalue weighted by Crippen LogP contribution is 2.23. The van der Waals surface area contributed by atoms with Crippen LogP contribution in [-0.4, -0.2) is 22.3 Å². The summed E-state index contributed by atoms with van der Waals surface area (Å²) in [7, 11) is 0. The fourth-order valence-electron chi connectivity index (χ4n) is 1.37. The molecule has 0 fully saturated rings. The van der Waals surface area contributed by atoms with Gasteiger partial charge in [0.15, 0.2) is 0 Å². The van der Waals surface area contributed by atoms with Crippen molar-refractivity contribution in [2.75, 3.05) is 0 Å². The molecule has 98 valence electrons. The number of amides is 2. The van der Waals surface area contributed by atoms with E-state index >= 15 is 0 Å². The first kappa shape index (κ1) is 15.8. The van der Waals surface area contributed by atoms with Crippen LogP contribution in [0.5, 0.6) is 0 Å². The molecule has 17 heavy (non-hydrogen) atoms. The molecule has 5 N–H and O–H groups in total. The van der Waals surface area contributed by atoms with E-state index in [0.717, 1.165) is 0 Å². The third kappa shape index (κ3) is 4.30. The molecule has 0 aliphatic carbocycles. The van der Waals surface area contributed by atoms with Crippen LogP contribution >= 0.6 is 12.2 Å². The van der Waals surface area contributed by atoms with Gasteiger partial charge in [-0.3, -0.25) is 9.59 Å². The van der Waals surface area contributed by atoms with Gasteiger partial charge in [-0.2, -0.15) is 0 Å². The van der Waals surface area contributed by atoms with E-state index in [9.17, 15) is 9.59 Å². The molecule has 6 heteroatoms. The molecule has 2 amide bonds. The summed E-state index contributed by atoms with van der Waals surface area (Å²) in [5.74, 6) is -0.748. The van der Waals surface area contributed by atoms with E-state index in [1.54, 1.807) is 20.8 Å². The second kappa shape index (κ2) is 5.44. The van der Waals surface area contributed by atoms with Crippen LogP contribution < -0.4 is 16.8 Å². The van der Waals surface area contributed by atoms with Crippen molar-refractivity contribution in [2.24, 2.45) is 16.9 Å². The standard InChI is InChI=1S/C11H21N3O2S/c1-5-11(4,8(13)17)9(16)14-10(2,3)6-7(12)15/h5-6H2,1-4H3,(H2,12,15)(H2,13,17)(H,14,16). The molecule has 1 unspecified atom stereocenters. The minimum absolute atomic E-state index is 0.0653. The van der Waals surface area contributed by atoms with Crippen LogP contribution in [0.1, 0.15) is 40.5 Å². The Kier molecular flexibility index (Phi) is 5.07. The summed E-state index contributed by atoms with van der Waals surface area (Å²) in [6, 6.07) is 0. The summed E-state index contributed by atoms with van der Waals surface area (Å²) in [5, 5.41) is 2.75. The Hall–Kier alpha value is -1.17. The molecule has 0 aromatic carbocycles. The highest BCUT2D eigenvalue weighted by atomic mass is 32.1. The Bertz CT molecular complexity index is 342. The van der Waals surface area contributed by atoms with Crippen LogP contribution in [0.25, 0.3) is 0 Å². The molecule has 0 aliphatic rings. The second-order valence-corrected chi connectivity index (χ2v) is 5.47. The smallest absolute Gasteiger partial charge is 0.233 e. The number of hydrogen-bond acceptors (Lipinski definition) is 3. The van der Waals surface area contributed by atoms with Crippen molar-refractivity contribution >= 4 is 29.0 Å². The van der Waals surface area contributed by atoms with Crippen molar-refractivity contribution in [1.29, 1.82) is 0 Å². The number of nitrogens with one attached hydrogen (secondary N) is 1. The molecular weight excluding hydrogens is 238 g/mol. The zero-order valence-corrected chi connectivity index (χ0v) is 11.6. The van der Waals surface area contributed by atoms with Gasteiger partial charge in [-0.15, -0.1) is 0 Å². The Morgan fingerprint density at radius 1 is 1.24 bits per heavy atom. The summed E-state index contributed by atoms with van der Waals surface area (Å²) in [5.41, 5.74) is 9.09. The van der Waals surface area contributed by atoms with Crippen molar-refractivity contribution < 1.29 is 9.59 Å². The number of rotatable bonds is 6. The zero-order chi connectivity index (χ0) is 13.9. The summed E-state index contributed by atoms with van der Waals surface area (Å²) in [4.78, 5) is 23.1. The summed E-state index contributed by atoms with van der Waals surface area (Å²) >= 11 is 4.91. The molecule has 0 aliphatic heterocycles. The topological polar surface area (TPSA) is 98.2 Å². The highest BCUT2D eigenvalue weighted by molar-refractivity contribution is 7.80. The van der Waals surface area contributed by atoms with E-state index in [0.29, 0.717) is 6.42 Å². The van der Waals surface area contributed by atoms with Gasteiger partial charge < -0.3 is 16.8 Å². The molecule has 5 nitrogen and oxygen atoms in total. The van der Waals surface area contributed by atoms with Gasteiger partial charge in [0.2, 0.25) is 11.8 Å². The van der Waals surface area contributed by atoms with Gasteiger partial charge in [0, 0.05) is 12.0 Å². The Morgan fingerprint density at radius 2 is 1.71 bits per heavy atom. The molecule has 0 heterocycles. The van der Waals surface area contributed by atoms with Crippen molar-refractivity contribution in [2.45, 2.75) is 46.1 Å². The maximum atomic E-state index is 12.1. The Morgan fingerprint density at radius 3 is 2.00 bits per heavy atom. The van der Waals surface area contributed by atoms with E-state index in [4.69, 9.17) is 23.7 Å². The van der Waals surface area contributed by atoms with Gasteiger partial charge in [0.1, 0.15) is 0 Å². The number of nitrogens with two attached hydrogens (primary N) is 2. The molecule has 0 saturated carbocycles. The molecule has 0 aromatic rings. The van der Waals surface area contributed by atoms with E-state index < -0.39 is 16.9 Å². The van der Waals surface area contributed by atoms with Gasteiger partial charge in [-0.05, 0) is 27.2 Å². The lowest BCUT2D eigenvalue weighted by atomic mass is 9.85. The minimum atomic E-state index is -0.899. The first-order valence-corrected chi connectivity index (χ1v) is 5.87. The lowest BCUT2D eigenvalue weighted by Gasteiger charge is -2.32. The van der Waals surface area contributed by atoms with Crippen molar-refractivity contribution in [3.8, 4) is 0 Å². The largest absolute Gasteiger partial charge is 0.392 e. The monoisotopic (exact) mass is 259 g/mol. The lowest BCUT2D eigenvalue weighted by Crippen LogP contribution is -2.54. The first-order chi connectivity index (χ1) is 7.55. The van der Waals surface area contributed by atoms with E-state index in [-0.39, 0.29) is 17.3 Å². The van der Waals surface area contributed by atoms with Crippen LogP contribution in [0.3, 0.4) is 0 Å². The van der Waals surface area contributed by atoms with E-state index in [1.165, 1.54) is 0 Å². The zero-order valence-electron chi connectivity index (χ0n) is 10.8. The normalized spacial score (nSPS) is 14.8. The molecule has 0 aromatic heterocycles. The number of carbonyl (C=O) groups is 2. The number of hydrogen-bond donors (Lipinski definition) is 3. The van der Waals surface area contributed by atoms with E-state index in [2.05, 4.69) is 5.32 Å². The SMILES string of the molecule is CCC(C)(C(=O)NC(C)(C)CC(N)=O)C(N)=S. The predicted octanol–water partition coefficient (Wildman–Crippen LogP) is 0.459. The van der Waals surface area contributed by atoms with Crippen molar-refractivity contribution in [1.82, 2.24) is 5.32 Å². The molecule has 0 rings (SSSR count). The van der Waals surface area contributed by atoms with Crippen LogP contribution in [-0.2, 0) is 9.59 Å². The van der Waals surface area contributed by atoms with Gasteiger partial charge >= 0.3 is 0 Å². The minimum Gasteiger partial charge on any atom is -0.392 e. The number of carbonyl (C=O) groups excluding carboxylic acids is 2. The van der Waals surface area contributed by atoms with Crippen LogP contribution in [0, 0.1) is 5.41 Å². The fourth-order valence-corrected chi connectivity index (χ4v) is 1.61. The first-order valence-electron chi connectivity index (χ1n) is 5.46. The van der Waals surface area contributed by atoms with Crippen molar-refractivity contribution in [3.63, 3.8) is 0 Å².